The summed E-state index contributed by atoms with van der Waals surface area (Å²) in [4.78, 5) is 15.7. The van der Waals surface area contributed by atoms with E-state index in [1.165, 1.54) is 17.1 Å². The molecule has 0 radical (unpaired) electrons. The van der Waals surface area contributed by atoms with Crippen molar-refractivity contribution in [3.05, 3.63) is 31.4 Å². The van der Waals surface area contributed by atoms with Gasteiger partial charge in [-0.05, 0) is 18.3 Å². The van der Waals surface area contributed by atoms with Crippen molar-refractivity contribution < 1.29 is 19.0 Å². The predicted octanol–water partition coefficient (Wildman–Crippen LogP) is 2.36. The summed E-state index contributed by atoms with van der Waals surface area (Å²) < 4.78 is 17.8. The van der Waals surface area contributed by atoms with E-state index in [9.17, 15) is 4.79 Å². The van der Waals surface area contributed by atoms with Crippen LogP contribution in [-0.4, -0.2) is 48.7 Å². The van der Waals surface area contributed by atoms with Crippen LogP contribution in [0.15, 0.2) is 31.4 Å². The molecule has 1 aromatic rings. The highest BCUT2D eigenvalue weighted by atomic mass is 16.6. The number of methoxy groups -OCH3 is 1. The molecule has 1 aliphatic rings. The molecule has 0 amide bonds. The van der Waals surface area contributed by atoms with Gasteiger partial charge >= 0.3 is 6.09 Å². The molecule has 2 rings (SSSR count). The topological polar surface area (TPSA) is 62.6 Å². The zero-order valence-electron chi connectivity index (χ0n) is 13.2. The predicted molar refractivity (Wildman–Crippen MR) is 81.5 cm³/mol. The molecule has 122 valence electrons. The lowest BCUT2D eigenvalue weighted by atomic mass is 9.80. The third kappa shape index (κ3) is 3.96. The van der Waals surface area contributed by atoms with Crippen LogP contribution in [0.3, 0.4) is 0 Å². The molecule has 1 saturated heterocycles. The summed E-state index contributed by atoms with van der Waals surface area (Å²) in [5.74, 6) is 0.724. The Morgan fingerprint density at radius 1 is 1.64 bits per heavy atom. The molecule has 4 atom stereocenters. The molecule has 22 heavy (non-hydrogen) atoms. The molecule has 6 heteroatoms. The Morgan fingerprint density at radius 2 is 2.45 bits per heavy atom. The van der Waals surface area contributed by atoms with Gasteiger partial charge in [0.15, 0.2) is 0 Å². The van der Waals surface area contributed by atoms with E-state index in [0.717, 1.165) is 19.6 Å². The van der Waals surface area contributed by atoms with Gasteiger partial charge < -0.3 is 14.2 Å². The first-order valence-electron chi connectivity index (χ1n) is 7.55. The van der Waals surface area contributed by atoms with Crippen molar-refractivity contribution in [1.29, 1.82) is 0 Å². The van der Waals surface area contributed by atoms with Gasteiger partial charge in [0, 0.05) is 38.6 Å². The van der Waals surface area contributed by atoms with Crippen LogP contribution in [0.4, 0.5) is 4.79 Å². The lowest BCUT2D eigenvalue weighted by molar-refractivity contribution is -0.0686. The summed E-state index contributed by atoms with van der Waals surface area (Å²) in [6, 6.07) is 0. The van der Waals surface area contributed by atoms with Crippen LogP contribution >= 0.6 is 0 Å². The molecule has 1 fully saturated rings. The van der Waals surface area contributed by atoms with Crippen LogP contribution in [0.25, 0.3) is 0 Å². The highest BCUT2D eigenvalue weighted by Gasteiger charge is 2.34. The van der Waals surface area contributed by atoms with Gasteiger partial charge in [0.2, 0.25) is 0 Å². The second-order valence-corrected chi connectivity index (χ2v) is 5.65. The van der Waals surface area contributed by atoms with Crippen molar-refractivity contribution in [3.63, 3.8) is 0 Å². The fraction of sp³-hybridized carbons (Fsp3) is 0.625. The molecule has 1 aromatic heterocycles. The summed E-state index contributed by atoms with van der Waals surface area (Å²) in [5.41, 5.74) is 0. The summed E-state index contributed by atoms with van der Waals surface area (Å²) in [7, 11) is 1.70. The molecule has 0 bridgehead atoms. The van der Waals surface area contributed by atoms with Gasteiger partial charge in [-0.15, -0.1) is 6.58 Å². The highest BCUT2D eigenvalue weighted by Crippen LogP contribution is 2.31. The van der Waals surface area contributed by atoms with E-state index in [1.807, 2.05) is 0 Å². The summed E-state index contributed by atoms with van der Waals surface area (Å²) in [6.07, 6.45) is 6.77. The molecule has 0 N–H and O–H groups in total. The van der Waals surface area contributed by atoms with E-state index in [-0.39, 0.29) is 18.6 Å². The number of carbonyl (C=O) groups is 1. The average molecular weight is 308 g/mol. The number of aromatic nitrogens is 2. The molecular weight excluding hydrogens is 284 g/mol. The maximum absolute atomic E-state index is 11.9. The lowest BCUT2D eigenvalue weighted by Gasteiger charge is -2.37. The van der Waals surface area contributed by atoms with E-state index in [2.05, 4.69) is 18.5 Å². The maximum atomic E-state index is 11.9. The monoisotopic (exact) mass is 308 g/mol. The minimum Gasteiger partial charge on any atom is -0.448 e. The smallest absolute Gasteiger partial charge is 0.419 e. The summed E-state index contributed by atoms with van der Waals surface area (Å²) in [5, 5.41) is 0. The molecule has 6 nitrogen and oxygen atoms in total. The molecule has 0 saturated carbocycles. The minimum absolute atomic E-state index is 0.0352. The number of nitrogens with zero attached hydrogens (tertiary/aromatic N) is 2. The van der Waals surface area contributed by atoms with Crippen molar-refractivity contribution in [2.24, 2.45) is 17.8 Å². The van der Waals surface area contributed by atoms with Gasteiger partial charge in [-0.1, -0.05) is 13.0 Å². The third-order valence-corrected chi connectivity index (χ3v) is 4.24. The maximum Gasteiger partial charge on any atom is 0.419 e. The van der Waals surface area contributed by atoms with E-state index >= 15 is 0 Å². The Kier molecular flexibility index (Phi) is 6.15. The van der Waals surface area contributed by atoms with Gasteiger partial charge in [-0.25, -0.2) is 14.3 Å². The van der Waals surface area contributed by atoms with Crippen LogP contribution in [0, 0.1) is 17.8 Å². The number of imidazole rings is 1. The van der Waals surface area contributed by atoms with Gasteiger partial charge in [-0.3, -0.25) is 0 Å². The van der Waals surface area contributed by atoms with Crippen molar-refractivity contribution in [1.82, 2.24) is 9.55 Å². The zero-order chi connectivity index (χ0) is 15.9. The average Bonchev–Trinajstić information content (AvgIpc) is 3.07. The molecular formula is C16H24N2O4. The normalized spacial score (nSPS) is 24.5. The largest absolute Gasteiger partial charge is 0.448 e. The van der Waals surface area contributed by atoms with E-state index in [0.29, 0.717) is 11.8 Å². The van der Waals surface area contributed by atoms with Crippen LogP contribution < -0.4 is 0 Å². The summed E-state index contributed by atoms with van der Waals surface area (Å²) >= 11 is 0. The molecule has 2 heterocycles. The Morgan fingerprint density at radius 3 is 3.05 bits per heavy atom. The first kappa shape index (κ1) is 16.7. The van der Waals surface area contributed by atoms with Crippen LogP contribution in [0.5, 0.6) is 0 Å². The van der Waals surface area contributed by atoms with E-state index in [1.54, 1.807) is 19.4 Å². The number of carbonyl (C=O) groups excluding carboxylic acids is 1. The third-order valence-electron chi connectivity index (χ3n) is 4.24. The van der Waals surface area contributed by atoms with Crippen molar-refractivity contribution >= 4 is 6.09 Å². The second-order valence-electron chi connectivity index (χ2n) is 5.65. The molecule has 0 spiro atoms. The molecule has 0 aromatic carbocycles. The number of hydrogen-bond acceptors (Lipinski definition) is 5. The van der Waals surface area contributed by atoms with Gasteiger partial charge in [0.25, 0.3) is 0 Å². The lowest BCUT2D eigenvalue weighted by Crippen LogP contribution is -2.41. The van der Waals surface area contributed by atoms with Crippen LogP contribution in [0.1, 0.15) is 13.3 Å². The van der Waals surface area contributed by atoms with Gasteiger partial charge in [0.05, 0.1) is 6.10 Å². The highest BCUT2D eigenvalue weighted by molar-refractivity contribution is 5.69. The number of hydrogen-bond donors (Lipinski definition) is 0. The SMILES string of the molecule is C=CC(COC(=O)n1ccnc1)[C@@H](OC)C1CCOC[C@@H]1C. The number of rotatable bonds is 6. The second kappa shape index (κ2) is 8.10. The van der Waals surface area contributed by atoms with Crippen molar-refractivity contribution in [2.45, 2.75) is 19.4 Å². The van der Waals surface area contributed by atoms with Crippen molar-refractivity contribution in [2.75, 3.05) is 26.9 Å². The van der Waals surface area contributed by atoms with Gasteiger partial charge in [-0.2, -0.15) is 0 Å². The first-order valence-corrected chi connectivity index (χ1v) is 7.55. The molecule has 1 aliphatic heterocycles. The van der Waals surface area contributed by atoms with Crippen LogP contribution in [-0.2, 0) is 14.2 Å². The zero-order valence-corrected chi connectivity index (χ0v) is 13.2. The number of ether oxygens (including phenoxy) is 3. The first-order chi connectivity index (χ1) is 10.7. The van der Waals surface area contributed by atoms with E-state index in [4.69, 9.17) is 14.2 Å². The quantitative estimate of drug-likeness (QED) is 0.755. The Hall–Kier alpha value is -1.66. The Labute approximate surface area is 131 Å². The molecule has 2 unspecified atom stereocenters. The Balaban J connectivity index is 1.96. The summed E-state index contributed by atoms with van der Waals surface area (Å²) in [6.45, 7) is 7.75. The molecule has 0 aliphatic carbocycles. The van der Waals surface area contributed by atoms with Gasteiger partial charge in [0.1, 0.15) is 12.9 Å². The standard InChI is InChI=1S/C16H24N2O4/c1-4-13(10-22-16(19)18-7-6-17-11-18)15(20-3)14-5-8-21-9-12(14)2/h4,6-7,11-15H,1,5,8-10H2,2-3H3/t12-,13?,14?,15+/m0/s1. The fourth-order valence-corrected chi connectivity index (χ4v) is 2.96. The van der Waals surface area contributed by atoms with Crippen molar-refractivity contribution in [3.8, 4) is 0 Å². The minimum atomic E-state index is -0.445. The Bertz CT molecular complexity index is 475. The van der Waals surface area contributed by atoms with Crippen LogP contribution in [0.2, 0.25) is 0 Å². The van der Waals surface area contributed by atoms with E-state index < -0.39 is 6.09 Å². The fourth-order valence-electron chi connectivity index (χ4n) is 2.96.